The van der Waals surface area contributed by atoms with Gasteiger partial charge in [-0.1, -0.05) is 35.9 Å². The van der Waals surface area contributed by atoms with Gasteiger partial charge in [0.05, 0.1) is 45.1 Å². The van der Waals surface area contributed by atoms with Gasteiger partial charge in [0.15, 0.2) is 5.60 Å². The number of esters is 1. The molecule has 1 saturated heterocycles. The highest BCUT2D eigenvalue weighted by Crippen LogP contribution is 2.43. The largest absolute Gasteiger partial charge is 0.487 e. The van der Waals surface area contributed by atoms with Crippen LogP contribution in [0.2, 0.25) is 5.02 Å². The maximum atomic E-state index is 13.5. The summed E-state index contributed by atoms with van der Waals surface area (Å²) in [4.78, 5) is 33.1. The predicted molar refractivity (Wildman–Crippen MR) is 193 cm³/mol. The van der Waals surface area contributed by atoms with Crippen molar-refractivity contribution in [3.63, 3.8) is 0 Å². The van der Waals surface area contributed by atoms with Crippen molar-refractivity contribution in [1.82, 2.24) is 9.80 Å². The lowest BCUT2D eigenvalue weighted by Crippen LogP contribution is -2.45. The molecule has 1 N–H and O–H groups in total. The van der Waals surface area contributed by atoms with E-state index in [1.807, 2.05) is 30.3 Å². The number of anilines is 1. The van der Waals surface area contributed by atoms with E-state index in [1.54, 1.807) is 18.0 Å². The second-order valence-electron chi connectivity index (χ2n) is 14.1. The van der Waals surface area contributed by atoms with Gasteiger partial charge in [0.2, 0.25) is 5.91 Å². The first-order valence-corrected chi connectivity index (χ1v) is 18.6. The Labute approximate surface area is 301 Å². The summed E-state index contributed by atoms with van der Waals surface area (Å²) in [6.07, 6.45) is 9.42. The summed E-state index contributed by atoms with van der Waals surface area (Å²) in [6, 6.07) is 11.3. The van der Waals surface area contributed by atoms with Gasteiger partial charge in [-0.3, -0.25) is 9.69 Å². The fourth-order valence-electron chi connectivity index (χ4n) is 7.64. The topological polar surface area (TPSA) is 101 Å². The van der Waals surface area contributed by atoms with Crippen molar-refractivity contribution < 1.29 is 33.6 Å². The summed E-state index contributed by atoms with van der Waals surface area (Å²) >= 11 is 6.39. The number of fused-ring (bicyclic) bond motifs is 3. The molecule has 50 heavy (non-hydrogen) atoms. The van der Waals surface area contributed by atoms with Crippen LogP contribution < -0.4 is 9.64 Å². The number of aryl methyl sites for hydroxylation is 1. The Morgan fingerprint density at radius 3 is 2.68 bits per heavy atom. The number of nitrogens with zero attached hydrogens (tertiary/aromatic N) is 3. The van der Waals surface area contributed by atoms with E-state index in [1.165, 1.54) is 12.7 Å². The van der Waals surface area contributed by atoms with Gasteiger partial charge in [0.25, 0.3) is 0 Å². The Bertz CT molecular complexity index is 1510. The highest BCUT2D eigenvalue weighted by Gasteiger charge is 2.43. The van der Waals surface area contributed by atoms with E-state index in [4.69, 9.17) is 30.5 Å². The fraction of sp³-hybridized carbons (Fsp3) is 0.590. The minimum Gasteiger partial charge on any atom is -0.487 e. The summed E-state index contributed by atoms with van der Waals surface area (Å²) in [7, 11) is 2.93. The van der Waals surface area contributed by atoms with Crippen LogP contribution in [0.25, 0.3) is 0 Å². The number of carbonyl (C=O) groups is 2. The molecule has 2 aromatic rings. The Hall–Kier alpha value is -3.15. The van der Waals surface area contributed by atoms with Gasteiger partial charge in [-0.05, 0) is 91.3 Å². The van der Waals surface area contributed by atoms with Crippen LogP contribution in [0, 0.1) is 11.8 Å². The summed E-state index contributed by atoms with van der Waals surface area (Å²) in [6.45, 7) is 7.24. The minimum atomic E-state index is -2.17. The van der Waals surface area contributed by atoms with Crippen molar-refractivity contribution in [3.05, 3.63) is 70.3 Å². The van der Waals surface area contributed by atoms with E-state index >= 15 is 0 Å². The summed E-state index contributed by atoms with van der Waals surface area (Å²) in [5, 5.41) is 12.7. The third kappa shape index (κ3) is 8.65. The molecule has 6 rings (SSSR count). The van der Waals surface area contributed by atoms with Crippen LogP contribution >= 0.6 is 11.6 Å². The van der Waals surface area contributed by atoms with E-state index in [2.05, 4.69) is 22.0 Å². The van der Waals surface area contributed by atoms with Crippen LogP contribution in [0.1, 0.15) is 55.2 Å². The zero-order valence-electron chi connectivity index (χ0n) is 29.5. The molecule has 2 fully saturated rings. The summed E-state index contributed by atoms with van der Waals surface area (Å²) in [5.41, 5.74) is 1.19. The highest BCUT2D eigenvalue weighted by molar-refractivity contribution is 6.30. The van der Waals surface area contributed by atoms with Crippen molar-refractivity contribution in [1.29, 1.82) is 0 Å². The lowest BCUT2D eigenvalue weighted by Gasteiger charge is -2.44. The first kappa shape index (κ1) is 36.6. The maximum Gasteiger partial charge on any atom is 0.343 e. The molecular formula is C39H52ClN3O7. The Morgan fingerprint density at radius 2 is 1.90 bits per heavy atom. The molecule has 0 spiro atoms. The molecule has 2 bridgehead atoms. The van der Waals surface area contributed by atoms with E-state index in [0.717, 1.165) is 89.3 Å². The van der Waals surface area contributed by atoms with Crippen LogP contribution in [0.3, 0.4) is 0 Å². The number of hydrogen-bond donors (Lipinski definition) is 1. The average molecular weight is 710 g/mol. The second-order valence-corrected chi connectivity index (χ2v) is 14.6. The molecule has 0 radical (unpaired) electrons. The number of benzene rings is 2. The lowest BCUT2D eigenvalue weighted by atomic mass is 9.70. The summed E-state index contributed by atoms with van der Waals surface area (Å²) < 4.78 is 23.8. The molecule has 1 amide bonds. The predicted octanol–water partition coefficient (Wildman–Crippen LogP) is 4.97. The van der Waals surface area contributed by atoms with Gasteiger partial charge in [-0.25, -0.2) is 4.79 Å². The number of morpholine rings is 1. The first-order valence-electron chi connectivity index (χ1n) is 18.2. The van der Waals surface area contributed by atoms with Gasteiger partial charge in [0, 0.05) is 51.3 Å². The molecule has 2 aromatic carbocycles. The molecule has 11 heteroatoms. The third-order valence-electron chi connectivity index (χ3n) is 10.9. The molecule has 4 atom stereocenters. The van der Waals surface area contributed by atoms with Gasteiger partial charge in [0.1, 0.15) is 12.4 Å². The Balaban J connectivity index is 1.34. The molecule has 3 heterocycles. The number of ether oxygens (including phenoxy) is 4. The zero-order chi connectivity index (χ0) is 35.1. The van der Waals surface area contributed by atoms with Crippen LogP contribution in [0.4, 0.5) is 5.69 Å². The van der Waals surface area contributed by atoms with Crippen LogP contribution in [0.5, 0.6) is 5.75 Å². The third-order valence-corrected chi connectivity index (χ3v) is 11.2. The second kappa shape index (κ2) is 16.9. The number of rotatable bonds is 5. The van der Waals surface area contributed by atoms with Crippen LogP contribution in [-0.2, 0) is 42.4 Å². The number of amides is 1. The van der Waals surface area contributed by atoms with Gasteiger partial charge in [-0.2, -0.15) is 0 Å². The number of carbonyl (C=O) groups excluding carboxylic acids is 2. The molecule has 272 valence electrons. The maximum absolute atomic E-state index is 13.5. The normalized spacial score (nSPS) is 27.5. The van der Waals surface area contributed by atoms with E-state index < -0.39 is 18.0 Å². The van der Waals surface area contributed by atoms with Gasteiger partial charge < -0.3 is 33.9 Å². The number of aliphatic hydroxyl groups is 1. The molecule has 3 aliphatic heterocycles. The fourth-order valence-corrected chi connectivity index (χ4v) is 7.83. The molecule has 10 nitrogen and oxygen atoms in total. The molecule has 4 aliphatic rings. The molecular weight excluding hydrogens is 658 g/mol. The minimum absolute atomic E-state index is 0.0293. The molecule has 1 saturated carbocycles. The molecule has 0 aromatic heterocycles. The number of halogens is 1. The summed E-state index contributed by atoms with van der Waals surface area (Å²) in [5.74, 6) is 0.152. The van der Waals surface area contributed by atoms with Crippen molar-refractivity contribution in [2.45, 2.75) is 63.3 Å². The van der Waals surface area contributed by atoms with Crippen molar-refractivity contribution in [2.75, 3.05) is 78.1 Å². The van der Waals surface area contributed by atoms with Gasteiger partial charge in [-0.15, -0.1) is 0 Å². The number of methoxy groups -OCH3 is 1. The van der Waals surface area contributed by atoms with E-state index in [0.29, 0.717) is 54.4 Å². The SMILES string of the molecule is COC(=O)[C@@]1(O)CC(=O)N(C)CC/C=C/[C@H](OCCN2CCOCC2)[C@@H]2CC[C@H]2CN2CCCCc3cc(Cl)ccc3COc3ccc1cc32. The number of hydrogen-bond acceptors (Lipinski definition) is 9. The zero-order valence-corrected chi connectivity index (χ0v) is 30.2. The standard InChI is InChI=1S/C39H52ClN3O7/c1-41-15-5-4-8-35(49-22-19-42-17-20-48-21-18-42)33-13-10-29(33)26-43-16-6-3-7-28-23-32(40)12-9-30(28)27-50-36-14-11-31(24-34(36)43)39(46,25-37(41)44)38(45)47-2/h4,8-9,11-12,14,23-24,29,33,35,46H,3,5-7,10,13,15-22,25-27H2,1-2H3/b8-4+/t29-,33+,35-,39+/m0/s1. The van der Waals surface area contributed by atoms with Gasteiger partial charge >= 0.3 is 5.97 Å². The van der Waals surface area contributed by atoms with Crippen molar-refractivity contribution >= 4 is 29.2 Å². The monoisotopic (exact) mass is 709 g/mol. The van der Waals surface area contributed by atoms with Crippen LogP contribution in [-0.4, -0.2) is 106 Å². The highest BCUT2D eigenvalue weighted by atomic mass is 35.5. The Kier molecular flexibility index (Phi) is 12.4. The smallest absolute Gasteiger partial charge is 0.343 e. The molecule has 0 unspecified atom stereocenters. The Morgan fingerprint density at radius 1 is 1.06 bits per heavy atom. The van der Waals surface area contributed by atoms with Crippen molar-refractivity contribution in [2.24, 2.45) is 11.8 Å². The van der Waals surface area contributed by atoms with Crippen LogP contribution in [0.15, 0.2) is 48.6 Å². The lowest BCUT2D eigenvalue weighted by molar-refractivity contribution is -0.168. The molecule has 1 aliphatic carbocycles. The average Bonchev–Trinajstić information content (AvgIpc) is 3.14. The quantitative estimate of drug-likeness (QED) is 0.341. The first-order chi connectivity index (χ1) is 24.2. The van der Waals surface area contributed by atoms with Crippen molar-refractivity contribution in [3.8, 4) is 5.75 Å². The van der Waals surface area contributed by atoms with E-state index in [-0.39, 0.29) is 12.0 Å². The van der Waals surface area contributed by atoms with E-state index in [9.17, 15) is 14.7 Å².